The van der Waals surface area contributed by atoms with Crippen molar-refractivity contribution in [2.75, 3.05) is 6.54 Å². The highest BCUT2D eigenvalue weighted by atomic mass is 79.9. The molecule has 0 bridgehead atoms. The van der Waals surface area contributed by atoms with Crippen molar-refractivity contribution in [3.05, 3.63) is 0 Å². The molecule has 1 N–H and O–H groups in total. The standard InChI is InChI=1S/C13H24BrNO/c1-2-3-4-5-6-13(16)15-10-11-7-8-12(14)9-11/h11-12H,2-10H2,1H3,(H,15,16). The number of alkyl halides is 1. The maximum Gasteiger partial charge on any atom is 0.220 e. The molecule has 1 fully saturated rings. The number of amides is 1. The maximum atomic E-state index is 11.5. The highest BCUT2D eigenvalue weighted by Crippen LogP contribution is 2.29. The molecular weight excluding hydrogens is 266 g/mol. The van der Waals surface area contributed by atoms with Gasteiger partial charge in [0, 0.05) is 17.8 Å². The number of rotatable bonds is 7. The van der Waals surface area contributed by atoms with Gasteiger partial charge < -0.3 is 5.32 Å². The van der Waals surface area contributed by atoms with Crippen molar-refractivity contribution >= 4 is 21.8 Å². The molecule has 2 nitrogen and oxygen atoms in total. The van der Waals surface area contributed by atoms with Gasteiger partial charge in [0.25, 0.3) is 0 Å². The van der Waals surface area contributed by atoms with E-state index in [1.54, 1.807) is 0 Å². The molecule has 16 heavy (non-hydrogen) atoms. The van der Waals surface area contributed by atoms with E-state index in [0.29, 0.717) is 17.2 Å². The van der Waals surface area contributed by atoms with Gasteiger partial charge in [0.15, 0.2) is 0 Å². The van der Waals surface area contributed by atoms with E-state index in [1.165, 1.54) is 38.5 Å². The Morgan fingerprint density at radius 1 is 1.31 bits per heavy atom. The average Bonchev–Trinajstić information content (AvgIpc) is 2.68. The number of carbonyl (C=O) groups excluding carboxylic acids is 1. The molecule has 0 aromatic heterocycles. The van der Waals surface area contributed by atoms with E-state index in [1.807, 2.05) is 0 Å². The molecule has 1 saturated carbocycles. The second kappa shape index (κ2) is 8.10. The lowest BCUT2D eigenvalue weighted by Gasteiger charge is -2.10. The van der Waals surface area contributed by atoms with Gasteiger partial charge in [0.1, 0.15) is 0 Å². The zero-order valence-electron chi connectivity index (χ0n) is 10.3. The molecule has 0 aromatic carbocycles. The fraction of sp³-hybridized carbons (Fsp3) is 0.923. The predicted molar refractivity (Wildman–Crippen MR) is 71.8 cm³/mol. The molecule has 2 atom stereocenters. The second-order valence-electron chi connectivity index (χ2n) is 4.89. The number of unbranched alkanes of at least 4 members (excludes halogenated alkanes) is 3. The molecule has 0 spiro atoms. The minimum Gasteiger partial charge on any atom is -0.356 e. The largest absolute Gasteiger partial charge is 0.356 e. The average molecular weight is 290 g/mol. The SMILES string of the molecule is CCCCCCC(=O)NCC1CCC(Br)C1. The first-order chi connectivity index (χ1) is 7.72. The van der Waals surface area contributed by atoms with Gasteiger partial charge in [0.05, 0.1) is 0 Å². The Bertz CT molecular complexity index is 208. The minimum absolute atomic E-state index is 0.245. The van der Waals surface area contributed by atoms with E-state index in [0.717, 1.165) is 13.0 Å². The summed E-state index contributed by atoms with van der Waals surface area (Å²) in [6.07, 6.45) is 9.17. The summed E-state index contributed by atoms with van der Waals surface area (Å²) in [5, 5.41) is 3.06. The third-order valence-electron chi connectivity index (χ3n) is 3.32. The van der Waals surface area contributed by atoms with Crippen molar-refractivity contribution in [1.29, 1.82) is 0 Å². The molecule has 1 rings (SSSR count). The van der Waals surface area contributed by atoms with Crippen molar-refractivity contribution in [3.8, 4) is 0 Å². The monoisotopic (exact) mass is 289 g/mol. The molecular formula is C13H24BrNO. The lowest BCUT2D eigenvalue weighted by molar-refractivity contribution is -0.121. The van der Waals surface area contributed by atoms with Crippen LogP contribution < -0.4 is 5.32 Å². The van der Waals surface area contributed by atoms with Crippen LogP contribution in [0, 0.1) is 5.92 Å². The number of halogens is 1. The van der Waals surface area contributed by atoms with E-state index >= 15 is 0 Å². The Morgan fingerprint density at radius 2 is 2.12 bits per heavy atom. The summed E-state index contributed by atoms with van der Waals surface area (Å²) in [7, 11) is 0. The highest BCUT2D eigenvalue weighted by molar-refractivity contribution is 9.09. The molecule has 3 heteroatoms. The fourth-order valence-corrected chi connectivity index (χ4v) is 3.05. The summed E-state index contributed by atoms with van der Waals surface area (Å²) < 4.78 is 0. The first-order valence-corrected chi connectivity index (χ1v) is 7.54. The van der Waals surface area contributed by atoms with Crippen LogP contribution in [0.2, 0.25) is 0 Å². The Balaban J connectivity index is 1.97. The van der Waals surface area contributed by atoms with E-state index < -0.39 is 0 Å². The maximum absolute atomic E-state index is 11.5. The Labute approximate surface area is 108 Å². The van der Waals surface area contributed by atoms with Crippen molar-refractivity contribution in [2.45, 2.75) is 63.1 Å². The number of hydrogen-bond acceptors (Lipinski definition) is 1. The smallest absolute Gasteiger partial charge is 0.220 e. The number of carbonyl (C=O) groups is 1. The summed E-state index contributed by atoms with van der Waals surface area (Å²) >= 11 is 3.63. The molecule has 0 saturated heterocycles. The van der Waals surface area contributed by atoms with Gasteiger partial charge in [-0.1, -0.05) is 42.1 Å². The first-order valence-electron chi connectivity index (χ1n) is 6.63. The van der Waals surface area contributed by atoms with Gasteiger partial charge >= 0.3 is 0 Å². The van der Waals surface area contributed by atoms with E-state index in [2.05, 4.69) is 28.2 Å². The van der Waals surface area contributed by atoms with Crippen LogP contribution in [0.4, 0.5) is 0 Å². The topological polar surface area (TPSA) is 29.1 Å². The summed E-state index contributed by atoms with van der Waals surface area (Å²) in [6.45, 7) is 3.07. The summed E-state index contributed by atoms with van der Waals surface area (Å²) in [6, 6.07) is 0. The molecule has 0 heterocycles. The fourth-order valence-electron chi connectivity index (χ4n) is 2.26. The van der Waals surface area contributed by atoms with Gasteiger partial charge in [-0.2, -0.15) is 0 Å². The van der Waals surface area contributed by atoms with Crippen molar-refractivity contribution in [3.63, 3.8) is 0 Å². The Kier molecular flexibility index (Phi) is 7.10. The summed E-state index contributed by atoms with van der Waals surface area (Å²) in [5.41, 5.74) is 0. The molecule has 0 aromatic rings. The van der Waals surface area contributed by atoms with Gasteiger partial charge in [0.2, 0.25) is 5.91 Å². The lowest BCUT2D eigenvalue weighted by Crippen LogP contribution is -2.28. The predicted octanol–water partition coefficient (Wildman–Crippen LogP) is 3.64. The Morgan fingerprint density at radius 3 is 2.75 bits per heavy atom. The number of hydrogen-bond donors (Lipinski definition) is 1. The second-order valence-corrected chi connectivity index (χ2v) is 6.19. The molecule has 2 unspecified atom stereocenters. The van der Waals surface area contributed by atoms with Gasteiger partial charge in [-0.25, -0.2) is 0 Å². The van der Waals surface area contributed by atoms with E-state index in [-0.39, 0.29) is 5.91 Å². The molecule has 94 valence electrons. The Hall–Kier alpha value is -0.0500. The van der Waals surface area contributed by atoms with Gasteiger partial charge in [-0.05, 0) is 31.6 Å². The summed E-state index contributed by atoms with van der Waals surface area (Å²) in [5.74, 6) is 0.943. The van der Waals surface area contributed by atoms with Crippen molar-refractivity contribution < 1.29 is 4.79 Å². The molecule has 1 aliphatic carbocycles. The van der Waals surface area contributed by atoms with Crippen LogP contribution in [0.1, 0.15) is 58.3 Å². The number of nitrogens with one attached hydrogen (secondary N) is 1. The van der Waals surface area contributed by atoms with Crippen LogP contribution >= 0.6 is 15.9 Å². The highest BCUT2D eigenvalue weighted by Gasteiger charge is 2.22. The van der Waals surface area contributed by atoms with Crippen LogP contribution in [0.15, 0.2) is 0 Å². The van der Waals surface area contributed by atoms with E-state index in [4.69, 9.17) is 0 Å². The van der Waals surface area contributed by atoms with Gasteiger partial charge in [-0.15, -0.1) is 0 Å². The van der Waals surface area contributed by atoms with E-state index in [9.17, 15) is 4.79 Å². The van der Waals surface area contributed by atoms with Crippen molar-refractivity contribution in [1.82, 2.24) is 5.32 Å². The van der Waals surface area contributed by atoms with Crippen LogP contribution in [0.3, 0.4) is 0 Å². The minimum atomic E-state index is 0.245. The van der Waals surface area contributed by atoms with Crippen LogP contribution in [-0.4, -0.2) is 17.3 Å². The molecule has 1 aliphatic rings. The van der Waals surface area contributed by atoms with Gasteiger partial charge in [-0.3, -0.25) is 4.79 Å². The van der Waals surface area contributed by atoms with Crippen LogP contribution in [-0.2, 0) is 4.79 Å². The molecule has 1 amide bonds. The van der Waals surface area contributed by atoms with Crippen molar-refractivity contribution in [2.24, 2.45) is 5.92 Å². The van der Waals surface area contributed by atoms with Crippen LogP contribution in [0.5, 0.6) is 0 Å². The third-order valence-corrected chi connectivity index (χ3v) is 4.15. The van der Waals surface area contributed by atoms with Crippen LogP contribution in [0.25, 0.3) is 0 Å². The quantitative estimate of drug-likeness (QED) is 0.563. The first kappa shape index (κ1) is 14.0. The zero-order chi connectivity index (χ0) is 11.8. The third kappa shape index (κ3) is 5.88. The zero-order valence-corrected chi connectivity index (χ0v) is 11.9. The summed E-state index contributed by atoms with van der Waals surface area (Å²) in [4.78, 5) is 12.2. The molecule has 0 radical (unpaired) electrons. The molecule has 0 aliphatic heterocycles. The normalized spacial score (nSPS) is 24.6. The lowest BCUT2D eigenvalue weighted by atomic mass is 10.1.